The summed E-state index contributed by atoms with van der Waals surface area (Å²) in [5.41, 5.74) is 4.63. The Morgan fingerprint density at radius 2 is 2.00 bits per heavy atom. The number of rotatable bonds is 3. The Hall–Kier alpha value is -0.860. The van der Waals surface area contributed by atoms with Crippen molar-refractivity contribution in [3.05, 3.63) is 34.9 Å². The fourth-order valence-corrected chi connectivity index (χ4v) is 3.57. The zero-order valence-corrected chi connectivity index (χ0v) is 13.4. The van der Waals surface area contributed by atoms with Crippen LogP contribution in [-0.2, 0) is 6.54 Å². The molecule has 2 fully saturated rings. The van der Waals surface area contributed by atoms with E-state index < -0.39 is 0 Å². The quantitative estimate of drug-likeness (QED) is 0.908. The molecule has 2 nitrogen and oxygen atoms in total. The molecule has 1 saturated heterocycles. The van der Waals surface area contributed by atoms with Crippen molar-refractivity contribution in [1.29, 1.82) is 0 Å². The summed E-state index contributed by atoms with van der Waals surface area (Å²) in [6.45, 7) is 12.6. The van der Waals surface area contributed by atoms with Crippen LogP contribution in [0.15, 0.2) is 18.2 Å². The first-order valence-electron chi connectivity index (χ1n) is 8.03. The molecule has 0 amide bonds. The molecule has 1 aliphatic heterocycles. The van der Waals surface area contributed by atoms with E-state index in [0.29, 0.717) is 11.6 Å². The van der Waals surface area contributed by atoms with E-state index in [0.717, 1.165) is 19.0 Å². The summed E-state index contributed by atoms with van der Waals surface area (Å²) >= 11 is 0. The van der Waals surface area contributed by atoms with E-state index in [1.807, 2.05) is 0 Å². The number of hydrogen-bond acceptors (Lipinski definition) is 2. The maximum atomic E-state index is 3.69. The predicted octanol–water partition coefficient (Wildman–Crippen LogP) is 3.27. The third-order valence-electron chi connectivity index (χ3n) is 5.43. The Morgan fingerprint density at radius 1 is 1.25 bits per heavy atom. The highest BCUT2D eigenvalue weighted by Crippen LogP contribution is 2.44. The Labute approximate surface area is 123 Å². The van der Waals surface area contributed by atoms with Gasteiger partial charge < -0.3 is 5.32 Å². The lowest BCUT2D eigenvalue weighted by atomic mass is 9.89. The van der Waals surface area contributed by atoms with Gasteiger partial charge in [0, 0.05) is 31.2 Å². The Morgan fingerprint density at radius 3 is 2.65 bits per heavy atom. The minimum absolute atomic E-state index is 0.352. The molecule has 2 atom stereocenters. The highest BCUT2D eigenvalue weighted by Gasteiger charge is 2.47. The van der Waals surface area contributed by atoms with Gasteiger partial charge in [0.25, 0.3) is 0 Å². The second kappa shape index (κ2) is 5.16. The first-order chi connectivity index (χ1) is 9.49. The Balaban J connectivity index is 1.80. The van der Waals surface area contributed by atoms with Crippen LogP contribution in [0, 0.1) is 19.8 Å². The van der Waals surface area contributed by atoms with Crippen LogP contribution in [0.4, 0.5) is 0 Å². The standard InChI is InChI=1S/C18H28N2/c1-13-5-6-16(9-14(13)2)11-20-10-15(3)19-12-18(20,4)17-7-8-17/h5-6,9,15,17,19H,7-8,10-12H2,1-4H3. The monoisotopic (exact) mass is 272 g/mol. The van der Waals surface area contributed by atoms with Gasteiger partial charge in [-0.3, -0.25) is 4.90 Å². The summed E-state index contributed by atoms with van der Waals surface area (Å²) in [6.07, 6.45) is 2.83. The molecule has 110 valence electrons. The lowest BCUT2D eigenvalue weighted by Crippen LogP contribution is -2.63. The van der Waals surface area contributed by atoms with E-state index >= 15 is 0 Å². The average Bonchev–Trinajstić information content (AvgIpc) is 3.23. The second-order valence-corrected chi connectivity index (χ2v) is 7.21. The molecule has 1 saturated carbocycles. The van der Waals surface area contributed by atoms with E-state index in [-0.39, 0.29) is 0 Å². The minimum atomic E-state index is 0.352. The second-order valence-electron chi connectivity index (χ2n) is 7.21. The summed E-state index contributed by atoms with van der Waals surface area (Å²) in [7, 11) is 0. The van der Waals surface area contributed by atoms with Gasteiger partial charge >= 0.3 is 0 Å². The Bertz CT molecular complexity index is 492. The molecule has 20 heavy (non-hydrogen) atoms. The van der Waals surface area contributed by atoms with Gasteiger partial charge in [0.2, 0.25) is 0 Å². The maximum Gasteiger partial charge on any atom is 0.0338 e. The molecule has 0 aromatic heterocycles. The van der Waals surface area contributed by atoms with Crippen molar-refractivity contribution in [2.24, 2.45) is 5.92 Å². The largest absolute Gasteiger partial charge is 0.311 e. The number of benzene rings is 1. The Kier molecular flexibility index (Phi) is 3.64. The molecule has 2 aliphatic rings. The third-order valence-corrected chi connectivity index (χ3v) is 5.43. The van der Waals surface area contributed by atoms with Crippen molar-refractivity contribution in [3.63, 3.8) is 0 Å². The maximum absolute atomic E-state index is 3.69. The van der Waals surface area contributed by atoms with Crippen molar-refractivity contribution >= 4 is 0 Å². The van der Waals surface area contributed by atoms with E-state index in [2.05, 4.69) is 56.1 Å². The van der Waals surface area contributed by atoms with Gasteiger partial charge in [0.05, 0.1) is 0 Å². The summed E-state index contributed by atoms with van der Waals surface area (Å²) in [5, 5.41) is 3.69. The van der Waals surface area contributed by atoms with E-state index in [1.54, 1.807) is 0 Å². The number of piperazine rings is 1. The van der Waals surface area contributed by atoms with Gasteiger partial charge in [0.15, 0.2) is 0 Å². The zero-order chi connectivity index (χ0) is 14.3. The molecule has 1 aromatic carbocycles. The molecular weight excluding hydrogens is 244 g/mol. The van der Waals surface area contributed by atoms with E-state index in [9.17, 15) is 0 Å². The molecule has 2 unspecified atom stereocenters. The number of aryl methyl sites for hydroxylation is 2. The lowest BCUT2D eigenvalue weighted by molar-refractivity contribution is 0.0312. The third kappa shape index (κ3) is 2.64. The van der Waals surface area contributed by atoms with Crippen LogP contribution in [0.3, 0.4) is 0 Å². The van der Waals surface area contributed by atoms with Gasteiger partial charge in [-0.25, -0.2) is 0 Å². The molecule has 1 heterocycles. The summed E-state index contributed by atoms with van der Waals surface area (Å²) in [6, 6.07) is 7.55. The van der Waals surface area contributed by atoms with Crippen LogP contribution >= 0.6 is 0 Å². The van der Waals surface area contributed by atoms with Crippen LogP contribution < -0.4 is 5.32 Å². The van der Waals surface area contributed by atoms with Crippen molar-refractivity contribution in [3.8, 4) is 0 Å². The summed E-state index contributed by atoms with van der Waals surface area (Å²) in [4.78, 5) is 2.73. The summed E-state index contributed by atoms with van der Waals surface area (Å²) in [5.74, 6) is 0.897. The first kappa shape index (κ1) is 14.1. The van der Waals surface area contributed by atoms with Crippen molar-refractivity contribution < 1.29 is 0 Å². The molecule has 0 radical (unpaired) electrons. The van der Waals surface area contributed by atoms with Crippen LogP contribution in [0.1, 0.15) is 43.4 Å². The fraction of sp³-hybridized carbons (Fsp3) is 0.667. The molecule has 1 aliphatic carbocycles. The molecule has 1 N–H and O–H groups in total. The van der Waals surface area contributed by atoms with Gasteiger partial charge in [-0.05, 0) is 63.1 Å². The fourth-order valence-electron chi connectivity index (χ4n) is 3.57. The first-order valence-corrected chi connectivity index (χ1v) is 8.03. The molecule has 3 rings (SSSR count). The highest BCUT2D eigenvalue weighted by molar-refractivity contribution is 5.30. The lowest BCUT2D eigenvalue weighted by Gasteiger charge is -2.48. The number of hydrogen-bond donors (Lipinski definition) is 1. The van der Waals surface area contributed by atoms with Crippen molar-refractivity contribution in [2.75, 3.05) is 13.1 Å². The average molecular weight is 272 g/mol. The normalized spacial score (nSPS) is 31.5. The van der Waals surface area contributed by atoms with E-state index in [1.165, 1.54) is 36.1 Å². The molecule has 2 heteroatoms. The van der Waals surface area contributed by atoms with Crippen molar-refractivity contribution in [2.45, 2.75) is 58.7 Å². The van der Waals surface area contributed by atoms with Gasteiger partial charge in [-0.1, -0.05) is 18.2 Å². The number of nitrogens with one attached hydrogen (secondary N) is 1. The topological polar surface area (TPSA) is 15.3 Å². The van der Waals surface area contributed by atoms with Gasteiger partial charge in [-0.15, -0.1) is 0 Å². The number of nitrogens with zero attached hydrogens (tertiary/aromatic N) is 1. The molecule has 0 bridgehead atoms. The van der Waals surface area contributed by atoms with Crippen LogP contribution in [0.25, 0.3) is 0 Å². The SMILES string of the molecule is Cc1ccc(CN2CC(C)NCC2(C)C2CC2)cc1C. The minimum Gasteiger partial charge on any atom is -0.311 e. The zero-order valence-electron chi connectivity index (χ0n) is 13.4. The molecule has 1 aromatic rings. The van der Waals surface area contributed by atoms with Crippen LogP contribution in [0.2, 0.25) is 0 Å². The van der Waals surface area contributed by atoms with Crippen molar-refractivity contribution in [1.82, 2.24) is 10.2 Å². The van der Waals surface area contributed by atoms with Crippen LogP contribution in [0.5, 0.6) is 0 Å². The smallest absolute Gasteiger partial charge is 0.0338 e. The summed E-state index contributed by atoms with van der Waals surface area (Å²) < 4.78 is 0. The van der Waals surface area contributed by atoms with Gasteiger partial charge in [0.1, 0.15) is 0 Å². The molecule has 0 spiro atoms. The molecular formula is C18H28N2. The predicted molar refractivity (Wildman–Crippen MR) is 84.9 cm³/mol. The van der Waals surface area contributed by atoms with Gasteiger partial charge in [-0.2, -0.15) is 0 Å². The van der Waals surface area contributed by atoms with E-state index in [4.69, 9.17) is 0 Å². The van der Waals surface area contributed by atoms with Crippen LogP contribution in [-0.4, -0.2) is 29.6 Å². The highest BCUT2D eigenvalue weighted by atomic mass is 15.3.